The van der Waals surface area contributed by atoms with Crippen molar-refractivity contribution in [2.45, 2.75) is 50.3 Å². The molecule has 0 unspecified atom stereocenters. The number of amides is 1. The van der Waals surface area contributed by atoms with E-state index in [-0.39, 0.29) is 22.9 Å². The summed E-state index contributed by atoms with van der Waals surface area (Å²) in [5.41, 5.74) is 1.93. The van der Waals surface area contributed by atoms with Crippen LogP contribution in [0.2, 0.25) is 0 Å². The predicted molar refractivity (Wildman–Crippen MR) is 128 cm³/mol. The highest BCUT2D eigenvalue weighted by molar-refractivity contribution is 7.92. The summed E-state index contributed by atoms with van der Waals surface area (Å²) in [6.07, 6.45) is 6.40. The van der Waals surface area contributed by atoms with Gasteiger partial charge in [-0.15, -0.1) is 0 Å². The second kappa shape index (κ2) is 10.0. The van der Waals surface area contributed by atoms with Crippen molar-refractivity contribution in [3.05, 3.63) is 53.6 Å². The van der Waals surface area contributed by atoms with Gasteiger partial charge in [-0.3, -0.25) is 9.52 Å². The van der Waals surface area contributed by atoms with Crippen LogP contribution in [-0.4, -0.2) is 41.3 Å². The van der Waals surface area contributed by atoms with E-state index in [4.69, 9.17) is 0 Å². The van der Waals surface area contributed by atoms with Crippen molar-refractivity contribution < 1.29 is 21.6 Å². The number of benzene rings is 2. The molecule has 1 heterocycles. The van der Waals surface area contributed by atoms with Crippen LogP contribution in [-0.2, 0) is 26.3 Å². The highest BCUT2D eigenvalue weighted by Crippen LogP contribution is 2.33. The predicted octanol–water partition coefficient (Wildman–Crippen LogP) is 4.01. The number of rotatable bonds is 10. The molecule has 0 radical (unpaired) electrons. The molecular formula is C23H30N2O5S2. The van der Waals surface area contributed by atoms with Gasteiger partial charge < -0.3 is 4.90 Å². The Balaban J connectivity index is 1.78. The summed E-state index contributed by atoms with van der Waals surface area (Å²) in [6.45, 7) is 2.53. The zero-order valence-corrected chi connectivity index (χ0v) is 20.1. The number of hydrogen-bond donors (Lipinski definition) is 1. The normalized spacial score (nSPS) is 13.8. The molecule has 0 saturated heterocycles. The maximum absolute atomic E-state index is 13.2. The van der Waals surface area contributed by atoms with Crippen LogP contribution < -0.4 is 9.62 Å². The number of nitrogens with zero attached hydrogens (tertiary/aromatic N) is 1. The molecule has 0 atom stereocenters. The molecule has 0 bridgehead atoms. The second-order valence-electron chi connectivity index (χ2n) is 8.15. The van der Waals surface area contributed by atoms with Crippen LogP contribution >= 0.6 is 0 Å². The van der Waals surface area contributed by atoms with Crippen LogP contribution in [0.3, 0.4) is 0 Å². The fourth-order valence-electron chi connectivity index (χ4n) is 3.90. The molecule has 0 aromatic heterocycles. The van der Waals surface area contributed by atoms with Gasteiger partial charge in [-0.1, -0.05) is 44.7 Å². The van der Waals surface area contributed by atoms with E-state index >= 15 is 0 Å². The molecule has 9 heteroatoms. The number of nitrogens with one attached hydrogen (secondary N) is 1. The first kappa shape index (κ1) is 24.3. The molecule has 0 saturated carbocycles. The zero-order valence-electron chi connectivity index (χ0n) is 18.5. The number of para-hydroxylation sites is 1. The van der Waals surface area contributed by atoms with Crippen LogP contribution in [0.4, 0.5) is 11.4 Å². The van der Waals surface area contributed by atoms with Crippen molar-refractivity contribution >= 4 is 37.1 Å². The van der Waals surface area contributed by atoms with E-state index in [1.54, 1.807) is 47.4 Å². The average Bonchev–Trinajstić information content (AvgIpc) is 3.15. The first-order chi connectivity index (χ1) is 15.1. The van der Waals surface area contributed by atoms with Crippen LogP contribution in [0.25, 0.3) is 0 Å². The molecule has 0 aliphatic carbocycles. The second-order valence-corrected chi connectivity index (χ2v) is 12.0. The van der Waals surface area contributed by atoms with Crippen molar-refractivity contribution in [1.29, 1.82) is 0 Å². The first-order valence-electron chi connectivity index (χ1n) is 10.9. The minimum atomic E-state index is -3.54. The number of fused-ring (bicyclic) bond motifs is 1. The minimum Gasteiger partial charge on any atom is -0.308 e. The van der Waals surface area contributed by atoms with Crippen LogP contribution in [0.5, 0.6) is 0 Å². The van der Waals surface area contributed by atoms with E-state index in [1.165, 1.54) is 0 Å². The topological polar surface area (TPSA) is 101 Å². The lowest BCUT2D eigenvalue weighted by atomic mass is 10.1. The highest BCUT2D eigenvalue weighted by atomic mass is 32.2. The van der Waals surface area contributed by atoms with Gasteiger partial charge in [0, 0.05) is 12.2 Å². The van der Waals surface area contributed by atoms with Crippen LogP contribution in [0, 0.1) is 0 Å². The van der Waals surface area contributed by atoms with Crippen LogP contribution in [0.1, 0.15) is 54.9 Å². The van der Waals surface area contributed by atoms with Gasteiger partial charge in [0.05, 0.1) is 28.2 Å². The third-order valence-corrected chi connectivity index (χ3v) is 7.91. The summed E-state index contributed by atoms with van der Waals surface area (Å²) >= 11 is 0. The third-order valence-electron chi connectivity index (χ3n) is 5.52. The van der Waals surface area contributed by atoms with E-state index in [0.29, 0.717) is 30.0 Å². The summed E-state index contributed by atoms with van der Waals surface area (Å²) in [6, 6.07) is 11.4. The van der Waals surface area contributed by atoms with E-state index < -0.39 is 19.9 Å². The molecule has 0 fully saturated rings. The van der Waals surface area contributed by atoms with Crippen LogP contribution in [0.15, 0.2) is 47.4 Å². The Morgan fingerprint density at radius 3 is 2.44 bits per heavy atom. The lowest BCUT2D eigenvalue weighted by molar-refractivity contribution is 0.0990. The van der Waals surface area contributed by atoms with Gasteiger partial charge in [0.15, 0.2) is 9.84 Å². The maximum atomic E-state index is 13.2. The molecule has 1 amide bonds. The Kier molecular flexibility index (Phi) is 7.61. The van der Waals surface area contributed by atoms with Gasteiger partial charge in [-0.2, -0.15) is 0 Å². The number of sulfonamides is 1. The minimum absolute atomic E-state index is 0.128. The van der Waals surface area contributed by atoms with Crippen molar-refractivity contribution in [2.75, 3.05) is 28.2 Å². The number of hydrogen-bond acceptors (Lipinski definition) is 5. The SMILES string of the molecule is CCCCCCCS(=O)(=O)c1ccc2c(c1)CCN2C(=O)c1ccccc1NS(C)(=O)=O. The Morgan fingerprint density at radius 1 is 1.00 bits per heavy atom. The molecule has 1 N–H and O–H groups in total. The number of carbonyl (C=O) groups is 1. The molecule has 2 aromatic carbocycles. The van der Waals surface area contributed by atoms with Gasteiger partial charge in [-0.05, 0) is 48.7 Å². The van der Waals surface area contributed by atoms with Crippen molar-refractivity contribution in [3.63, 3.8) is 0 Å². The van der Waals surface area contributed by atoms with Crippen molar-refractivity contribution in [1.82, 2.24) is 0 Å². The number of anilines is 2. The quantitative estimate of drug-likeness (QED) is 0.520. The third kappa shape index (κ3) is 5.89. The fourth-order valence-corrected chi connectivity index (χ4v) is 5.89. The lowest BCUT2D eigenvalue weighted by Crippen LogP contribution is -2.30. The summed E-state index contributed by atoms with van der Waals surface area (Å²) in [5.74, 6) is -0.204. The Morgan fingerprint density at radius 2 is 1.72 bits per heavy atom. The smallest absolute Gasteiger partial charge is 0.260 e. The number of sulfone groups is 1. The van der Waals surface area contributed by atoms with Gasteiger partial charge in [-0.25, -0.2) is 16.8 Å². The van der Waals surface area contributed by atoms with E-state index in [0.717, 1.165) is 37.5 Å². The molecule has 174 valence electrons. The molecule has 2 aromatic rings. The summed E-state index contributed by atoms with van der Waals surface area (Å²) in [7, 11) is -6.91. The molecule has 7 nitrogen and oxygen atoms in total. The van der Waals surface area contributed by atoms with Crippen molar-refractivity contribution in [3.8, 4) is 0 Å². The summed E-state index contributed by atoms with van der Waals surface area (Å²) in [4.78, 5) is 15.1. The first-order valence-corrected chi connectivity index (χ1v) is 14.4. The summed E-state index contributed by atoms with van der Waals surface area (Å²) in [5, 5.41) is 0. The van der Waals surface area contributed by atoms with E-state index in [9.17, 15) is 21.6 Å². The molecule has 1 aliphatic heterocycles. The highest BCUT2D eigenvalue weighted by Gasteiger charge is 2.29. The van der Waals surface area contributed by atoms with E-state index in [1.807, 2.05) is 0 Å². The lowest BCUT2D eigenvalue weighted by Gasteiger charge is -2.19. The van der Waals surface area contributed by atoms with Gasteiger partial charge in [0.1, 0.15) is 0 Å². The maximum Gasteiger partial charge on any atom is 0.260 e. The monoisotopic (exact) mass is 478 g/mol. The Hall–Kier alpha value is -2.39. The zero-order chi connectivity index (χ0) is 23.4. The summed E-state index contributed by atoms with van der Waals surface area (Å²) < 4.78 is 51.2. The number of unbranched alkanes of at least 4 members (excludes halogenated alkanes) is 4. The molecule has 0 spiro atoms. The van der Waals surface area contributed by atoms with Gasteiger partial charge in [0.25, 0.3) is 5.91 Å². The molecular weight excluding hydrogens is 448 g/mol. The fraction of sp³-hybridized carbons (Fsp3) is 0.435. The molecule has 1 aliphatic rings. The Labute approximate surface area is 190 Å². The molecule has 3 rings (SSSR count). The van der Waals surface area contributed by atoms with E-state index in [2.05, 4.69) is 11.6 Å². The van der Waals surface area contributed by atoms with Gasteiger partial charge >= 0.3 is 0 Å². The Bertz CT molecular complexity index is 1190. The standard InChI is InChI=1S/C23H30N2O5S2/c1-3-4-5-6-9-16-32(29,30)19-12-13-22-18(17-19)14-15-25(22)23(26)20-10-7-8-11-21(20)24-31(2,27)28/h7-8,10-13,17,24H,3-6,9,14-16H2,1-2H3. The average molecular weight is 479 g/mol. The van der Waals surface area contributed by atoms with Gasteiger partial charge in [0.2, 0.25) is 10.0 Å². The van der Waals surface area contributed by atoms with Crippen molar-refractivity contribution in [2.24, 2.45) is 0 Å². The number of carbonyl (C=O) groups excluding carboxylic acids is 1. The molecule has 32 heavy (non-hydrogen) atoms. The largest absolute Gasteiger partial charge is 0.308 e.